The van der Waals surface area contributed by atoms with Gasteiger partial charge in [0.1, 0.15) is 5.75 Å². The molecular weight excluding hydrogens is 351 g/mol. The summed E-state index contributed by atoms with van der Waals surface area (Å²) in [5, 5.41) is 9.07. The van der Waals surface area contributed by atoms with Crippen LogP contribution in [0.5, 0.6) is 5.75 Å². The first-order valence-electron chi connectivity index (χ1n) is 7.39. The molecular formula is C16H18Cl2N4O2. The molecule has 128 valence electrons. The monoisotopic (exact) mass is 368 g/mol. The first-order valence-corrected chi connectivity index (χ1v) is 8.15. The van der Waals surface area contributed by atoms with Gasteiger partial charge in [-0.3, -0.25) is 9.48 Å². The second-order valence-electron chi connectivity index (χ2n) is 5.09. The number of aryl methyl sites for hydroxylation is 2. The summed E-state index contributed by atoms with van der Waals surface area (Å²) in [6.45, 7) is 6.25. The van der Waals surface area contributed by atoms with Crippen molar-refractivity contribution in [3.63, 3.8) is 0 Å². The van der Waals surface area contributed by atoms with Crippen LogP contribution in [-0.2, 0) is 11.3 Å². The number of hydrazone groups is 1. The van der Waals surface area contributed by atoms with E-state index in [9.17, 15) is 4.79 Å². The molecule has 6 nitrogen and oxygen atoms in total. The van der Waals surface area contributed by atoms with Crippen LogP contribution in [0.4, 0.5) is 0 Å². The number of carbonyl (C=O) groups excluding carboxylic acids is 1. The lowest BCUT2D eigenvalue weighted by Gasteiger charge is -2.14. The molecule has 0 spiro atoms. The highest BCUT2D eigenvalue weighted by Crippen LogP contribution is 2.28. The smallest absolute Gasteiger partial charge is 0.280 e. The Balaban J connectivity index is 1.93. The molecule has 1 aromatic carbocycles. The maximum absolute atomic E-state index is 12.0. The molecule has 24 heavy (non-hydrogen) atoms. The third-order valence-corrected chi connectivity index (χ3v) is 3.78. The number of benzene rings is 1. The predicted octanol–water partition coefficient (Wildman–Crippen LogP) is 3.44. The summed E-state index contributed by atoms with van der Waals surface area (Å²) in [6.07, 6.45) is 2.65. The fraction of sp³-hybridized carbons (Fsp3) is 0.312. The summed E-state index contributed by atoms with van der Waals surface area (Å²) in [7, 11) is 0. The molecule has 8 heteroatoms. The average Bonchev–Trinajstić information content (AvgIpc) is 2.90. The van der Waals surface area contributed by atoms with Crippen molar-refractivity contribution in [1.29, 1.82) is 0 Å². The fourth-order valence-electron chi connectivity index (χ4n) is 1.89. The van der Waals surface area contributed by atoms with E-state index in [0.717, 1.165) is 17.8 Å². The van der Waals surface area contributed by atoms with Crippen LogP contribution < -0.4 is 10.2 Å². The maximum Gasteiger partial charge on any atom is 0.280 e. The Labute approximate surface area is 150 Å². The number of aromatic nitrogens is 2. The normalized spacial score (nSPS) is 12.4. The highest BCUT2D eigenvalue weighted by Gasteiger charge is 2.15. The number of hydrogen-bond donors (Lipinski definition) is 1. The number of rotatable bonds is 6. The molecule has 1 heterocycles. The lowest BCUT2D eigenvalue weighted by molar-refractivity contribution is -0.127. The van der Waals surface area contributed by atoms with Gasteiger partial charge in [0.25, 0.3) is 5.91 Å². The number of ether oxygens (including phenoxy) is 1. The number of halogens is 2. The van der Waals surface area contributed by atoms with Crippen LogP contribution in [0.25, 0.3) is 0 Å². The molecule has 1 N–H and O–H groups in total. The minimum atomic E-state index is -0.764. The van der Waals surface area contributed by atoms with Crippen molar-refractivity contribution in [3.8, 4) is 5.75 Å². The van der Waals surface area contributed by atoms with Crippen LogP contribution in [-0.4, -0.2) is 28.0 Å². The lowest BCUT2D eigenvalue weighted by Crippen LogP contribution is -2.33. The summed E-state index contributed by atoms with van der Waals surface area (Å²) < 4.78 is 7.32. The van der Waals surface area contributed by atoms with Crippen molar-refractivity contribution in [3.05, 3.63) is 45.7 Å². The molecule has 1 atom stereocenters. The van der Waals surface area contributed by atoms with E-state index < -0.39 is 12.0 Å². The van der Waals surface area contributed by atoms with Crippen LogP contribution in [0.3, 0.4) is 0 Å². The first-order chi connectivity index (χ1) is 11.4. The minimum Gasteiger partial charge on any atom is -0.479 e. The van der Waals surface area contributed by atoms with Crippen LogP contribution in [0.2, 0.25) is 10.0 Å². The Morgan fingerprint density at radius 1 is 1.50 bits per heavy atom. The topological polar surface area (TPSA) is 68.5 Å². The van der Waals surface area contributed by atoms with Gasteiger partial charge in [-0.25, -0.2) is 5.43 Å². The van der Waals surface area contributed by atoms with Gasteiger partial charge in [-0.2, -0.15) is 10.2 Å². The molecule has 0 saturated carbocycles. The zero-order chi connectivity index (χ0) is 17.7. The van der Waals surface area contributed by atoms with Crippen LogP contribution in [0, 0.1) is 6.92 Å². The van der Waals surface area contributed by atoms with Gasteiger partial charge in [0.05, 0.1) is 16.9 Å². The molecule has 0 saturated heterocycles. The van der Waals surface area contributed by atoms with Crippen molar-refractivity contribution in [2.45, 2.75) is 33.4 Å². The Hall–Kier alpha value is -2.05. The Bertz CT molecular complexity index is 759. The number of carbonyl (C=O) groups is 1. The standard InChI is InChI=1S/C16H18Cl2N4O2/c1-4-22-9-12(10(2)21-22)8-19-20-16(23)11(3)24-15-6-5-13(17)7-14(15)18/h5-9,11H,4H2,1-3H3,(H,20,23)/t11-/m0/s1. The third kappa shape index (κ3) is 4.72. The SMILES string of the molecule is CCn1cc(C=NNC(=O)[C@H](C)Oc2ccc(Cl)cc2Cl)c(C)n1. The van der Waals surface area contributed by atoms with Gasteiger partial charge in [0, 0.05) is 23.3 Å². The number of amides is 1. The summed E-state index contributed by atoms with van der Waals surface area (Å²) in [5.41, 5.74) is 4.12. The zero-order valence-corrected chi connectivity index (χ0v) is 15.1. The molecule has 0 aliphatic carbocycles. The Morgan fingerprint density at radius 3 is 2.88 bits per heavy atom. The highest BCUT2D eigenvalue weighted by atomic mass is 35.5. The van der Waals surface area contributed by atoms with E-state index in [2.05, 4.69) is 15.6 Å². The third-order valence-electron chi connectivity index (χ3n) is 3.25. The van der Waals surface area contributed by atoms with Crippen molar-refractivity contribution in [2.24, 2.45) is 5.10 Å². The predicted molar refractivity (Wildman–Crippen MR) is 94.9 cm³/mol. The van der Waals surface area contributed by atoms with E-state index in [1.165, 1.54) is 0 Å². The number of nitrogens with zero attached hydrogens (tertiary/aromatic N) is 3. The average molecular weight is 369 g/mol. The van der Waals surface area contributed by atoms with Gasteiger partial charge in [-0.05, 0) is 39.0 Å². The maximum atomic E-state index is 12.0. The van der Waals surface area contributed by atoms with Crippen LogP contribution in [0.1, 0.15) is 25.1 Å². The van der Waals surface area contributed by atoms with Gasteiger partial charge in [0.2, 0.25) is 0 Å². The fourth-order valence-corrected chi connectivity index (χ4v) is 2.35. The summed E-state index contributed by atoms with van der Waals surface area (Å²) in [6, 6.07) is 4.80. The van der Waals surface area contributed by atoms with Crippen molar-refractivity contribution in [1.82, 2.24) is 15.2 Å². The van der Waals surface area contributed by atoms with E-state index in [4.69, 9.17) is 27.9 Å². The molecule has 0 radical (unpaired) electrons. The largest absolute Gasteiger partial charge is 0.479 e. The zero-order valence-electron chi connectivity index (χ0n) is 13.6. The van der Waals surface area contributed by atoms with E-state index in [1.54, 1.807) is 36.0 Å². The molecule has 2 rings (SSSR count). The van der Waals surface area contributed by atoms with Crippen molar-refractivity contribution in [2.75, 3.05) is 0 Å². The van der Waals surface area contributed by atoms with Crippen molar-refractivity contribution >= 4 is 35.3 Å². The summed E-state index contributed by atoms with van der Waals surface area (Å²) in [5.74, 6) is -0.00874. The Kier molecular flexibility index (Phi) is 6.23. The molecule has 0 aliphatic heterocycles. The molecule has 0 fully saturated rings. The molecule has 2 aromatic rings. The summed E-state index contributed by atoms with van der Waals surface area (Å²) in [4.78, 5) is 12.0. The second-order valence-corrected chi connectivity index (χ2v) is 5.94. The van der Waals surface area contributed by atoms with Gasteiger partial charge >= 0.3 is 0 Å². The van der Waals surface area contributed by atoms with Gasteiger partial charge in [0.15, 0.2) is 6.10 Å². The van der Waals surface area contributed by atoms with Crippen LogP contribution in [0.15, 0.2) is 29.5 Å². The van der Waals surface area contributed by atoms with E-state index in [0.29, 0.717) is 15.8 Å². The Morgan fingerprint density at radius 2 is 2.25 bits per heavy atom. The lowest BCUT2D eigenvalue weighted by atomic mass is 10.3. The quantitative estimate of drug-likeness (QED) is 0.627. The minimum absolute atomic E-state index is 0.341. The van der Waals surface area contributed by atoms with Gasteiger partial charge in [-0.1, -0.05) is 23.2 Å². The molecule has 0 unspecified atom stereocenters. The van der Waals surface area contributed by atoms with Crippen molar-refractivity contribution < 1.29 is 9.53 Å². The summed E-state index contributed by atoms with van der Waals surface area (Å²) >= 11 is 11.8. The highest BCUT2D eigenvalue weighted by molar-refractivity contribution is 6.35. The first kappa shape index (κ1) is 18.3. The molecule has 0 bridgehead atoms. The number of hydrogen-bond acceptors (Lipinski definition) is 4. The van der Waals surface area contributed by atoms with Crippen LogP contribution >= 0.6 is 23.2 Å². The molecule has 1 aromatic heterocycles. The van der Waals surface area contributed by atoms with E-state index in [-0.39, 0.29) is 0 Å². The number of nitrogens with one attached hydrogen (secondary N) is 1. The van der Waals surface area contributed by atoms with Gasteiger partial charge in [-0.15, -0.1) is 0 Å². The van der Waals surface area contributed by atoms with Gasteiger partial charge < -0.3 is 4.74 Å². The van der Waals surface area contributed by atoms with E-state index in [1.807, 2.05) is 20.0 Å². The molecule has 1 amide bonds. The molecule has 0 aliphatic rings. The van der Waals surface area contributed by atoms with E-state index >= 15 is 0 Å². The second kappa shape index (κ2) is 8.17.